The van der Waals surface area contributed by atoms with Gasteiger partial charge in [-0.15, -0.1) is 11.6 Å². The van der Waals surface area contributed by atoms with Gasteiger partial charge in [0.05, 0.1) is 44.0 Å². The number of nitrogens with zero attached hydrogens (tertiary/aromatic N) is 6. The second-order valence-electron chi connectivity index (χ2n) is 17.1. The number of pyridine rings is 1. The summed E-state index contributed by atoms with van der Waals surface area (Å²) in [6.45, 7) is 6.75. The molecule has 1 aliphatic rings. The van der Waals surface area contributed by atoms with E-state index in [2.05, 4.69) is 25.1 Å². The quantitative estimate of drug-likeness (QED) is 0.0278. The van der Waals surface area contributed by atoms with Crippen molar-refractivity contribution < 1.29 is 42.4 Å². The van der Waals surface area contributed by atoms with Gasteiger partial charge in [-0.1, -0.05) is 105 Å². The lowest BCUT2D eigenvalue weighted by Crippen LogP contribution is -2.47. The predicted molar refractivity (Wildman–Crippen MR) is 257 cm³/mol. The van der Waals surface area contributed by atoms with Crippen LogP contribution in [0, 0.1) is 10.2 Å². The van der Waals surface area contributed by atoms with E-state index < -0.39 is 33.9 Å². The second-order valence-corrected chi connectivity index (χ2v) is 19.0. The molecule has 3 aromatic carbocycles. The molecule has 2 unspecified atom stereocenters. The lowest BCUT2D eigenvalue weighted by Gasteiger charge is -2.40. The summed E-state index contributed by atoms with van der Waals surface area (Å²) in [5, 5.41) is 30.7. The van der Waals surface area contributed by atoms with Gasteiger partial charge >= 0.3 is 12.1 Å². The maximum atomic E-state index is 12.7. The van der Waals surface area contributed by atoms with Crippen molar-refractivity contribution in [1.29, 1.82) is 0 Å². The molecule has 13 nitrogen and oxygen atoms in total. The van der Waals surface area contributed by atoms with E-state index in [1.54, 1.807) is 40.0 Å². The van der Waals surface area contributed by atoms with Gasteiger partial charge < -0.3 is 24.4 Å². The maximum Gasteiger partial charge on any atom is 0.433 e. The van der Waals surface area contributed by atoms with E-state index in [1.807, 2.05) is 69.3 Å². The molecule has 1 fully saturated rings. The van der Waals surface area contributed by atoms with Crippen LogP contribution in [0.4, 0.5) is 13.2 Å². The van der Waals surface area contributed by atoms with Crippen molar-refractivity contribution in [2.75, 3.05) is 14.2 Å². The summed E-state index contributed by atoms with van der Waals surface area (Å²) in [7, 11) is 2.62. The second kappa shape index (κ2) is 23.3. The number of carbonyl (C=O) groups excluding carboxylic acids is 1. The third-order valence-corrected chi connectivity index (χ3v) is 13.0. The molecule has 0 bridgehead atoms. The van der Waals surface area contributed by atoms with Crippen molar-refractivity contribution in [1.82, 2.24) is 34.5 Å². The van der Waals surface area contributed by atoms with Gasteiger partial charge in [-0.2, -0.15) is 18.3 Å². The van der Waals surface area contributed by atoms with Crippen molar-refractivity contribution in [3.8, 4) is 5.88 Å². The minimum Gasteiger partial charge on any atom is -0.503 e. The predicted octanol–water partition coefficient (Wildman–Crippen LogP) is 10.5. The molecule has 3 N–H and O–H groups in total. The van der Waals surface area contributed by atoms with Gasteiger partial charge in [0.1, 0.15) is 42.5 Å². The Balaban J connectivity index is 0.000000192. The van der Waals surface area contributed by atoms with Crippen molar-refractivity contribution in [3.63, 3.8) is 0 Å². The van der Waals surface area contributed by atoms with Crippen LogP contribution in [0.25, 0.3) is 5.57 Å². The van der Waals surface area contributed by atoms with Crippen LogP contribution in [-0.2, 0) is 53.0 Å². The minimum absolute atomic E-state index is 0.0947. The van der Waals surface area contributed by atoms with Gasteiger partial charge in [0.2, 0.25) is 10.7 Å². The van der Waals surface area contributed by atoms with E-state index in [9.17, 15) is 28.2 Å². The van der Waals surface area contributed by atoms with E-state index in [1.165, 1.54) is 50.8 Å². The number of esters is 1. The van der Waals surface area contributed by atoms with Crippen molar-refractivity contribution >= 4 is 58.6 Å². The normalized spacial score (nSPS) is 15.0. The topological polar surface area (TPSA) is 162 Å². The highest BCUT2D eigenvalue weighted by Gasteiger charge is 2.58. The number of nitrogens with one attached hydrogen (secondary N) is 1. The molecule has 1 aliphatic carbocycles. The fourth-order valence-corrected chi connectivity index (χ4v) is 7.70. The Kier molecular flexibility index (Phi) is 18.4. The van der Waals surface area contributed by atoms with E-state index >= 15 is 0 Å². The summed E-state index contributed by atoms with van der Waals surface area (Å²) >= 11 is 23.8. The first kappa shape index (κ1) is 53.7. The Hall–Kier alpha value is -5.30. The maximum absolute atomic E-state index is 12.7. The number of aliphatic hydroxyl groups is 2. The summed E-state index contributed by atoms with van der Waals surface area (Å²) in [5.74, 6) is -0.790. The molecule has 3 aromatic heterocycles. The van der Waals surface area contributed by atoms with Crippen LogP contribution in [0.5, 0.6) is 5.88 Å². The number of alkyl halides is 4. The molecule has 0 spiro atoms. The molecule has 0 radical (unpaired) electrons. The van der Waals surface area contributed by atoms with Crippen LogP contribution < -0.4 is 4.74 Å². The number of halogens is 6. The highest BCUT2D eigenvalue weighted by molar-refractivity contribution is 7.71. The van der Waals surface area contributed by atoms with E-state index in [0.717, 1.165) is 35.9 Å². The van der Waals surface area contributed by atoms with Gasteiger partial charge in [-0.05, 0) is 89.8 Å². The standard InChI is InChI=1S/C18H16F3NO4.C16H22ClN3O.C14H15Cl2N3OS/c1-24-11-14(17(23)25-2)13-7-4-3-6-12(13)10-26-16-9-5-8-15(22-16)18(19,20)21;1-15(2,3)16(21,10-20-12-18-11-19-20)9-8-13-4-6-14(17)7-5-13;15-11-4-2-1-3-10(11)7-14(20,13(16)5-6-13)8-19-12(21)17-9-18-19/h3-9,11H,10H2,1-2H3;4-7,11-12,21H,8-10H2,1-3H3;1-4,9,20H,5-8H2,(H,17,18,21)/b14-11+;;. The number of hydrogen-bond acceptors (Lipinski definition) is 11. The molecular weight excluding hydrogens is 966 g/mol. The van der Waals surface area contributed by atoms with Gasteiger partial charge in [-0.25, -0.2) is 19.7 Å². The number of ether oxygens (including phenoxy) is 3. The Morgan fingerprint density at radius 2 is 1.60 bits per heavy atom. The molecule has 3 heterocycles. The van der Waals surface area contributed by atoms with Crippen LogP contribution in [0.3, 0.4) is 0 Å². The number of benzene rings is 3. The number of hydrogen-bond donors (Lipinski definition) is 3. The van der Waals surface area contributed by atoms with Crippen LogP contribution in [0.15, 0.2) is 116 Å². The molecule has 364 valence electrons. The molecule has 0 aliphatic heterocycles. The highest BCUT2D eigenvalue weighted by atomic mass is 35.5. The molecule has 7 rings (SSSR count). The Morgan fingerprint density at radius 1 is 0.926 bits per heavy atom. The largest absolute Gasteiger partial charge is 0.503 e. The van der Waals surface area contributed by atoms with E-state index in [-0.39, 0.29) is 30.0 Å². The summed E-state index contributed by atoms with van der Waals surface area (Å²) in [4.78, 5) is 22.7. The van der Waals surface area contributed by atoms with Crippen LogP contribution in [-0.4, -0.2) is 81.0 Å². The number of methoxy groups -OCH3 is 2. The van der Waals surface area contributed by atoms with E-state index in [4.69, 9.17) is 61.2 Å². The summed E-state index contributed by atoms with van der Waals surface area (Å²) < 4.78 is 56.9. The molecule has 20 heteroatoms. The first-order valence-corrected chi connectivity index (χ1v) is 22.8. The zero-order valence-corrected chi connectivity index (χ0v) is 41.1. The van der Waals surface area contributed by atoms with Crippen molar-refractivity contribution in [2.24, 2.45) is 5.41 Å². The SMILES string of the molecule is CC(C)(C)C(O)(CCc1ccc(Cl)cc1)Cn1cncn1.CO/C=C(/C(=O)OC)c1ccccc1COc1cccc(C(F)(F)F)n1.OC(Cc1ccccc1Cl)(Cn1[nH]cnc1=S)C1(Cl)CC1. The molecular formula is C48H53Cl3F3N7O6S. The summed E-state index contributed by atoms with van der Waals surface area (Å²) in [6.07, 6.45) is 4.67. The van der Waals surface area contributed by atoms with Gasteiger partial charge in [0.15, 0.2) is 0 Å². The molecule has 6 aromatic rings. The van der Waals surface area contributed by atoms with E-state index in [0.29, 0.717) is 40.3 Å². The van der Waals surface area contributed by atoms with Crippen molar-refractivity contribution in [3.05, 3.63) is 159 Å². The molecule has 0 saturated heterocycles. The Labute approximate surface area is 412 Å². The average Bonchev–Trinajstić information content (AvgIpc) is 3.64. The number of aromatic nitrogens is 7. The lowest BCUT2D eigenvalue weighted by molar-refractivity contribution is -0.141. The minimum atomic E-state index is -4.56. The zero-order valence-electron chi connectivity index (χ0n) is 38.0. The van der Waals surface area contributed by atoms with Crippen LogP contribution in [0.2, 0.25) is 10.0 Å². The monoisotopic (exact) mass is 1020 g/mol. The number of aryl methyl sites for hydroxylation is 1. The first-order valence-electron chi connectivity index (χ1n) is 21.2. The smallest absolute Gasteiger partial charge is 0.433 e. The number of carbonyl (C=O) groups is 1. The number of H-pyrrole nitrogens is 1. The molecule has 1 saturated carbocycles. The van der Waals surface area contributed by atoms with Crippen LogP contribution in [0.1, 0.15) is 68.0 Å². The third-order valence-electron chi connectivity index (χ3n) is 11.4. The lowest BCUT2D eigenvalue weighted by atomic mass is 9.73. The third kappa shape index (κ3) is 14.6. The van der Waals surface area contributed by atoms with Crippen LogP contribution >= 0.6 is 47.0 Å². The van der Waals surface area contributed by atoms with Gasteiger partial charge in [0.25, 0.3) is 0 Å². The molecule has 68 heavy (non-hydrogen) atoms. The first-order chi connectivity index (χ1) is 32.1. The number of aromatic amines is 1. The zero-order chi connectivity index (χ0) is 49.8. The number of rotatable bonds is 16. The molecule has 2 atom stereocenters. The highest BCUT2D eigenvalue weighted by Crippen LogP contribution is 2.53. The van der Waals surface area contributed by atoms with Crippen molar-refractivity contribution in [2.45, 2.75) is 94.8 Å². The Bertz CT molecular complexity index is 2660. The molecule has 0 amide bonds. The average molecular weight is 1020 g/mol. The van der Waals surface area contributed by atoms with Gasteiger partial charge in [0, 0.05) is 22.5 Å². The van der Waals surface area contributed by atoms with Gasteiger partial charge in [-0.3, -0.25) is 14.5 Å². The fraction of sp³-hybridized carbons (Fsp3) is 0.375. The summed E-state index contributed by atoms with van der Waals surface area (Å²) in [5.41, 5.74) is -0.0615. The fourth-order valence-electron chi connectivity index (χ4n) is 6.98. The Morgan fingerprint density at radius 3 is 2.18 bits per heavy atom. The summed E-state index contributed by atoms with van der Waals surface area (Å²) in [6, 6.07) is 25.4.